The van der Waals surface area contributed by atoms with Crippen molar-refractivity contribution in [2.45, 2.75) is 52.6 Å². The fraction of sp³-hybridized carbons (Fsp3) is 0.417. The van der Waals surface area contributed by atoms with Gasteiger partial charge in [-0.3, -0.25) is 4.79 Å². The molecule has 0 N–H and O–H groups in total. The topological polar surface area (TPSA) is 47.4 Å². The monoisotopic (exact) mass is 391 g/mol. The molecule has 5 nitrogen and oxygen atoms in total. The van der Waals surface area contributed by atoms with Crippen LogP contribution in [0.5, 0.6) is 5.75 Å². The number of imidazole rings is 1. The van der Waals surface area contributed by atoms with Crippen molar-refractivity contribution in [2.24, 2.45) is 0 Å². The molecule has 1 aliphatic heterocycles. The lowest BCUT2D eigenvalue weighted by atomic mass is 10.1. The van der Waals surface area contributed by atoms with E-state index >= 15 is 0 Å². The number of hydrogen-bond acceptors (Lipinski definition) is 3. The number of fused-ring (bicyclic) bond motifs is 1. The number of nitrogens with zero attached hydrogens (tertiary/aromatic N) is 3. The van der Waals surface area contributed by atoms with Crippen LogP contribution >= 0.6 is 0 Å². The summed E-state index contributed by atoms with van der Waals surface area (Å²) >= 11 is 0. The highest BCUT2D eigenvalue weighted by molar-refractivity contribution is 5.77. The van der Waals surface area contributed by atoms with E-state index in [0.29, 0.717) is 6.61 Å². The molecule has 2 heterocycles. The third kappa shape index (κ3) is 3.86. The van der Waals surface area contributed by atoms with Gasteiger partial charge in [0.05, 0.1) is 23.7 Å². The minimum atomic E-state index is 0.0689. The molecule has 1 aliphatic rings. The predicted octanol–water partition coefficient (Wildman–Crippen LogP) is 4.81. The van der Waals surface area contributed by atoms with Crippen LogP contribution in [0, 0.1) is 13.8 Å². The van der Waals surface area contributed by atoms with Crippen LogP contribution in [0.15, 0.2) is 42.5 Å². The van der Waals surface area contributed by atoms with Gasteiger partial charge < -0.3 is 14.2 Å². The van der Waals surface area contributed by atoms with Crippen LogP contribution in [0.3, 0.4) is 0 Å². The van der Waals surface area contributed by atoms with Crippen molar-refractivity contribution in [1.82, 2.24) is 14.5 Å². The zero-order valence-electron chi connectivity index (χ0n) is 17.5. The maximum Gasteiger partial charge on any atom is 0.220 e. The fourth-order valence-corrected chi connectivity index (χ4v) is 4.42. The number of likely N-dealkylation sites (tertiary alicyclic amines) is 1. The van der Waals surface area contributed by atoms with Gasteiger partial charge in [0.25, 0.3) is 0 Å². The number of para-hydroxylation sites is 3. The van der Waals surface area contributed by atoms with Crippen molar-refractivity contribution in [3.63, 3.8) is 0 Å². The van der Waals surface area contributed by atoms with Crippen molar-refractivity contribution < 1.29 is 9.53 Å². The summed E-state index contributed by atoms with van der Waals surface area (Å²) < 4.78 is 8.39. The van der Waals surface area contributed by atoms with Gasteiger partial charge >= 0.3 is 0 Å². The van der Waals surface area contributed by atoms with E-state index in [-0.39, 0.29) is 11.9 Å². The minimum Gasteiger partial charge on any atom is -0.493 e. The fourth-order valence-electron chi connectivity index (χ4n) is 4.42. The summed E-state index contributed by atoms with van der Waals surface area (Å²) in [6.45, 7) is 8.12. The lowest BCUT2D eigenvalue weighted by Gasteiger charge is -2.24. The summed E-state index contributed by atoms with van der Waals surface area (Å²) in [6, 6.07) is 14.5. The van der Waals surface area contributed by atoms with E-state index < -0.39 is 0 Å². The summed E-state index contributed by atoms with van der Waals surface area (Å²) in [5.74, 6) is 2.12. The highest BCUT2D eigenvalue weighted by Crippen LogP contribution is 2.33. The first-order valence-electron chi connectivity index (χ1n) is 10.5. The molecule has 0 spiro atoms. The Morgan fingerprint density at radius 1 is 1.14 bits per heavy atom. The number of carbonyl (C=O) groups excluding carboxylic acids is 1. The molecule has 152 valence electrons. The normalized spacial score (nSPS) is 16.5. The van der Waals surface area contributed by atoms with Crippen molar-refractivity contribution in [3.05, 3.63) is 59.4 Å². The molecule has 4 rings (SSSR count). The zero-order valence-corrected chi connectivity index (χ0v) is 17.5. The molecule has 1 atom stereocenters. The van der Waals surface area contributed by atoms with Gasteiger partial charge in [0.15, 0.2) is 0 Å². The SMILES string of the molecule is CC(=O)N1CCCC1c1nc2ccccc2n1CCCOc1c(C)cccc1C. The largest absolute Gasteiger partial charge is 0.493 e. The molecule has 5 heteroatoms. The van der Waals surface area contributed by atoms with Crippen LogP contribution in [-0.2, 0) is 11.3 Å². The summed E-state index contributed by atoms with van der Waals surface area (Å²) in [4.78, 5) is 19.0. The van der Waals surface area contributed by atoms with Gasteiger partial charge in [0.1, 0.15) is 11.6 Å². The van der Waals surface area contributed by atoms with Crippen molar-refractivity contribution in [3.8, 4) is 5.75 Å². The van der Waals surface area contributed by atoms with Crippen LogP contribution in [0.25, 0.3) is 11.0 Å². The molecule has 0 saturated carbocycles. The molecule has 1 aromatic heterocycles. The van der Waals surface area contributed by atoms with E-state index in [1.54, 1.807) is 6.92 Å². The third-order valence-corrected chi connectivity index (χ3v) is 5.82. The minimum absolute atomic E-state index is 0.0689. The van der Waals surface area contributed by atoms with E-state index in [1.165, 1.54) is 11.1 Å². The van der Waals surface area contributed by atoms with Gasteiger partial charge in [-0.1, -0.05) is 30.3 Å². The van der Waals surface area contributed by atoms with E-state index in [4.69, 9.17) is 9.72 Å². The third-order valence-electron chi connectivity index (χ3n) is 5.82. The molecule has 1 unspecified atom stereocenters. The van der Waals surface area contributed by atoms with Crippen LogP contribution < -0.4 is 4.74 Å². The first kappa shape index (κ1) is 19.5. The lowest BCUT2D eigenvalue weighted by Crippen LogP contribution is -2.30. The van der Waals surface area contributed by atoms with E-state index in [2.05, 4.69) is 54.8 Å². The highest BCUT2D eigenvalue weighted by Gasteiger charge is 2.32. The number of ether oxygens (including phenoxy) is 1. The second-order valence-electron chi connectivity index (χ2n) is 7.90. The first-order valence-corrected chi connectivity index (χ1v) is 10.5. The summed E-state index contributed by atoms with van der Waals surface area (Å²) in [7, 11) is 0. The van der Waals surface area contributed by atoms with Crippen molar-refractivity contribution in [2.75, 3.05) is 13.2 Å². The Labute approximate surface area is 172 Å². The Bertz CT molecular complexity index is 1000. The smallest absolute Gasteiger partial charge is 0.220 e. The van der Waals surface area contributed by atoms with Gasteiger partial charge in [-0.2, -0.15) is 0 Å². The molecule has 0 bridgehead atoms. The Morgan fingerprint density at radius 3 is 2.66 bits per heavy atom. The average Bonchev–Trinajstić information content (AvgIpc) is 3.32. The molecule has 1 amide bonds. The quantitative estimate of drug-likeness (QED) is 0.567. The Balaban J connectivity index is 1.54. The second kappa shape index (κ2) is 8.27. The maximum absolute atomic E-state index is 12.1. The van der Waals surface area contributed by atoms with Crippen molar-refractivity contribution >= 4 is 16.9 Å². The Morgan fingerprint density at radius 2 is 1.90 bits per heavy atom. The molecule has 3 aromatic rings. The maximum atomic E-state index is 12.1. The molecule has 1 saturated heterocycles. The summed E-state index contributed by atoms with van der Waals surface area (Å²) in [6.07, 6.45) is 2.89. The zero-order chi connectivity index (χ0) is 20.4. The molecule has 0 aliphatic carbocycles. The average molecular weight is 392 g/mol. The number of amides is 1. The standard InChI is InChI=1S/C24H29N3O2/c1-17-9-6-10-18(2)23(17)29-16-8-15-27-21-12-5-4-11-20(21)25-24(27)22-13-7-14-26(22)19(3)28/h4-6,9-12,22H,7-8,13-16H2,1-3H3. The molecule has 2 aromatic carbocycles. The van der Waals surface area contributed by atoms with Crippen molar-refractivity contribution in [1.29, 1.82) is 0 Å². The Kier molecular flexibility index (Phi) is 5.56. The summed E-state index contributed by atoms with van der Waals surface area (Å²) in [5, 5.41) is 0. The number of hydrogen-bond donors (Lipinski definition) is 0. The molecule has 29 heavy (non-hydrogen) atoms. The summed E-state index contributed by atoms with van der Waals surface area (Å²) in [5.41, 5.74) is 4.46. The highest BCUT2D eigenvalue weighted by atomic mass is 16.5. The van der Waals surface area contributed by atoms with Gasteiger partial charge in [-0.25, -0.2) is 4.98 Å². The van der Waals surface area contributed by atoms with Crippen LogP contribution in [0.1, 0.15) is 49.2 Å². The molecule has 1 fully saturated rings. The Hall–Kier alpha value is -2.82. The van der Waals surface area contributed by atoms with Gasteiger partial charge in [-0.05, 0) is 56.4 Å². The number of benzene rings is 2. The van der Waals surface area contributed by atoms with E-state index in [9.17, 15) is 4.79 Å². The first-order chi connectivity index (χ1) is 14.1. The van der Waals surface area contributed by atoms with E-state index in [0.717, 1.165) is 55.0 Å². The van der Waals surface area contributed by atoms with Crippen LogP contribution in [0.4, 0.5) is 0 Å². The van der Waals surface area contributed by atoms with Crippen LogP contribution in [0.2, 0.25) is 0 Å². The lowest BCUT2D eigenvalue weighted by molar-refractivity contribution is -0.129. The number of aryl methyl sites for hydroxylation is 3. The predicted molar refractivity (Wildman–Crippen MR) is 115 cm³/mol. The van der Waals surface area contributed by atoms with Gasteiger partial charge in [-0.15, -0.1) is 0 Å². The van der Waals surface area contributed by atoms with E-state index in [1.807, 2.05) is 11.0 Å². The molecular weight excluding hydrogens is 362 g/mol. The van der Waals surface area contributed by atoms with Crippen LogP contribution in [-0.4, -0.2) is 33.5 Å². The number of rotatable bonds is 6. The van der Waals surface area contributed by atoms with Gasteiger partial charge in [0.2, 0.25) is 5.91 Å². The number of carbonyl (C=O) groups is 1. The number of aromatic nitrogens is 2. The molecular formula is C24H29N3O2. The molecule has 0 radical (unpaired) electrons. The second-order valence-corrected chi connectivity index (χ2v) is 7.90. The van der Waals surface area contributed by atoms with Gasteiger partial charge in [0, 0.05) is 20.0 Å².